The zero-order valence-electron chi connectivity index (χ0n) is 8.71. The summed E-state index contributed by atoms with van der Waals surface area (Å²) in [6, 6.07) is 0. The summed E-state index contributed by atoms with van der Waals surface area (Å²) >= 11 is 3.12. The lowest BCUT2D eigenvalue weighted by Gasteiger charge is -2.06. The van der Waals surface area contributed by atoms with Crippen molar-refractivity contribution >= 4 is 27.9 Å². The van der Waals surface area contributed by atoms with Gasteiger partial charge in [-0.2, -0.15) is 0 Å². The smallest absolute Gasteiger partial charge is 0.377 e. The summed E-state index contributed by atoms with van der Waals surface area (Å²) in [5.41, 5.74) is 0. The van der Waals surface area contributed by atoms with Gasteiger partial charge in [-0.05, 0) is 0 Å². The summed E-state index contributed by atoms with van der Waals surface area (Å²) in [6.07, 6.45) is 1.34. The van der Waals surface area contributed by atoms with Gasteiger partial charge in [-0.25, -0.2) is 9.78 Å². The third-order valence-electron chi connectivity index (χ3n) is 1.71. The summed E-state index contributed by atoms with van der Waals surface area (Å²) in [6.45, 7) is 0.219. The van der Waals surface area contributed by atoms with Gasteiger partial charge in [-0.1, -0.05) is 15.9 Å². The van der Waals surface area contributed by atoms with E-state index in [1.54, 1.807) is 0 Å². The van der Waals surface area contributed by atoms with Crippen LogP contribution in [0.5, 0.6) is 0 Å². The number of esters is 2. The maximum absolute atomic E-state index is 11.1. The zero-order valence-corrected chi connectivity index (χ0v) is 10.3. The quantitative estimate of drug-likeness (QED) is 0.574. The van der Waals surface area contributed by atoms with Gasteiger partial charge in [0.2, 0.25) is 0 Å². The Kier molecular flexibility index (Phi) is 4.41. The monoisotopic (exact) mass is 291 g/mol. The van der Waals surface area contributed by atoms with Gasteiger partial charge in [-0.3, -0.25) is 9.48 Å². The van der Waals surface area contributed by atoms with Gasteiger partial charge in [0, 0.05) is 0 Å². The molecule has 0 N–H and O–H groups in total. The van der Waals surface area contributed by atoms with E-state index >= 15 is 0 Å². The molecule has 1 rings (SSSR count). The van der Waals surface area contributed by atoms with Crippen LogP contribution in [0.15, 0.2) is 6.33 Å². The van der Waals surface area contributed by atoms with Crippen molar-refractivity contribution in [2.75, 3.05) is 14.2 Å². The lowest BCUT2D eigenvalue weighted by Crippen LogP contribution is -2.22. The number of hydrogen-bond acceptors (Lipinski definition) is 6. The molecule has 88 valence electrons. The molecule has 1 atom stereocenters. The molecule has 8 heteroatoms. The molecule has 0 bridgehead atoms. The van der Waals surface area contributed by atoms with Gasteiger partial charge in [-0.15, -0.1) is 5.10 Å². The molecule has 1 aromatic rings. The molecule has 7 nitrogen and oxygen atoms in total. The normalized spacial score (nSPS) is 11.9. The van der Waals surface area contributed by atoms with E-state index in [0.29, 0.717) is 0 Å². The first-order chi connectivity index (χ1) is 7.58. The molecular weight excluding hydrogens is 282 g/mol. The maximum atomic E-state index is 11.1. The SMILES string of the molecule is COC(=O)c1ncn(CC(Br)C(=O)OC)n1. The predicted molar refractivity (Wildman–Crippen MR) is 56.1 cm³/mol. The molecule has 1 aromatic heterocycles. The second kappa shape index (κ2) is 5.59. The van der Waals surface area contributed by atoms with E-state index in [1.165, 1.54) is 25.2 Å². The van der Waals surface area contributed by atoms with Gasteiger partial charge < -0.3 is 9.47 Å². The van der Waals surface area contributed by atoms with Crippen molar-refractivity contribution in [3.05, 3.63) is 12.2 Å². The second-order valence-corrected chi connectivity index (χ2v) is 3.88. The summed E-state index contributed by atoms with van der Waals surface area (Å²) in [4.78, 5) is 25.3. The predicted octanol–water partition coefficient (Wildman–Crippen LogP) is 0.00120. The molecule has 0 saturated heterocycles. The average molecular weight is 292 g/mol. The summed E-state index contributed by atoms with van der Waals surface area (Å²) in [7, 11) is 2.53. The molecule has 16 heavy (non-hydrogen) atoms. The number of aromatic nitrogens is 3. The van der Waals surface area contributed by atoms with Crippen LogP contribution in [-0.4, -0.2) is 45.7 Å². The highest BCUT2D eigenvalue weighted by Crippen LogP contribution is 2.05. The standard InChI is InChI=1S/C8H10BrN3O4/c1-15-7(13)5(9)3-12-4-10-6(11-12)8(14)16-2/h4-5H,3H2,1-2H3. The molecule has 0 spiro atoms. The van der Waals surface area contributed by atoms with E-state index in [-0.39, 0.29) is 12.4 Å². The van der Waals surface area contributed by atoms with Crippen molar-refractivity contribution in [1.29, 1.82) is 0 Å². The van der Waals surface area contributed by atoms with Crippen molar-refractivity contribution in [2.24, 2.45) is 0 Å². The second-order valence-electron chi connectivity index (χ2n) is 2.77. The van der Waals surface area contributed by atoms with Crippen LogP contribution in [0.2, 0.25) is 0 Å². The minimum absolute atomic E-state index is 0.0490. The number of ether oxygens (including phenoxy) is 2. The highest BCUT2D eigenvalue weighted by molar-refractivity contribution is 9.10. The Balaban J connectivity index is 2.65. The van der Waals surface area contributed by atoms with Crippen LogP contribution in [-0.2, 0) is 20.8 Å². The fraction of sp³-hybridized carbons (Fsp3) is 0.500. The van der Waals surface area contributed by atoms with Crippen LogP contribution < -0.4 is 0 Å². The fourth-order valence-electron chi connectivity index (χ4n) is 0.934. The molecule has 0 aromatic carbocycles. The number of hydrogen-bond donors (Lipinski definition) is 0. The van der Waals surface area contributed by atoms with Gasteiger partial charge in [0.1, 0.15) is 11.2 Å². The van der Waals surface area contributed by atoms with E-state index in [1.807, 2.05) is 0 Å². The number of carbonyl (C=O) groups is 2. The minimum atomic E-state index is -0.622. The molecule has 0 amide bonds. The summed E-state index contributed by atoms with van der Waals surface area (Å²) in [5.74, 6) is -1.09. The van der Waals surface area contributed by atoms with Crippen molar-refractivity contribution < 1.29 is 19.1 Å². The molecule has 0 fully saturated rings. The fourth-order valence-corrected chi connectivity index (χ4v) is 1.42. The lowest BCUT2D eigenvalue weighted by atomic mass is 10.4. The first-order valence-corrected chi connectivity index (χ1v) is 5.19. The average Bonchev–Trinajstić information content (AvgIpc) is 2.75. The van der Waals surface area contributed by atoms with Gasteiger partial charge in [0.15, 0.2) is 0 Å². The number of carbonyl (C=O) groups excluding carboxylic acids is 2. The van der Waals surface area contributed by atoms with Crippen LogP contribution in [0.1, 0.15) is 10.6 Å². The zero-order chi connectivity index (χ0) is 12.1. The summed E-state index contributed by atoms with van der Waals surface area (Å²) in [5, 5.41) is 3.83. The molecule has 1 unspecified atom stereocenters. The Bertz CT molecular complexity index is 392. The van der Waals surface area contributed by atoms with Crippen molar-refractivity contribution in [3.8, 4) is 0 Å². The maximum Gasteiger partial charge on any atom is 0.377 e. The first-order valence-electron chi connectivity index (χ1n) is 4.28. The first kappa shape index (κ1) is 12.6. The Labute approximate surface area is 99.9 Å². The number of nitrogens with zero attached hydrogens (tertiary/aromatic N) is 3. The van der Waals surface area contributed by atoms with Crippen LogP contribution in [0.25, 0.3) is 0 Å². The molecule has 0 saturated carbocycles. The van der Waals surface area contributed by atoms with Crippen LogP contribution >= 0.6 is 15.9 Å². The lowest BCUT2D eigenvalue weighted by molar-refractivity contribution is -0.140. The van der Waals surface area contributed by atoms with E-state index in [9.17, 15) is 9.59 Å². The van der Waals surface area contributed by atoms with Gasteiger partial charge >= 0.3 is 11.9 Å². The van der Waals surface area contributed by atoms with E-state index in [2.05, 4.69) is 35.5 Å². The van der Waals surface area contributed by atoms with Crippen molar-refractivity contribution in [2.45, 2.75) is 11.4 Å². The topological polar surface area (TPSA) is 83.3 Å². The van der Waals surface area contributed by atoms with Crippen molar-refractivity contribution in [3.63, 3.8) is 0 Å². The Hall–Kier alpha value is -1.44. The third-order valence-corrected chi connectivity index (χ3v) is 2.37. The largest absolute Gasteiger partial charge is 0.468 e. The molecular formula is C8H10BrN3O4. The number of rotatable bonds is 4. The third kappa shape index (κ3) is 3.02. The van der Waals surface area contributed by atoms with Crippen molar-refractivity contribution in [1.82, 2.24) is 14.8 Å². The summed E-state index contributed by atoms with van der Waals surface area (Å²) < 4.78 is 10.3. The molecule has 0 aliphatic carbocycles. The molecule has 0 aliphatic heterocycles. The Morgan fingerprint density at radius 3 is 2.75 bits per heavy atom. The van der Waals surface area contributed by atoms with E-state index in [0.717, 1.165) is 0 Å². The van der Waals surface area contributed by atoms with Gasteiger partial charge in [0.25, 0.3) is 5.82 Å². The van der Waals surface area contributed by atoms with Crippen LogP contribution in [0.4, 0.5) is 0 Å². The Morgan fingerprint density at radius 2 is 2.19 bits per heavy atom. The number of methoxy groups -OCH3 is 2. The molecule has 0 aliphatic rings. The van der Waals surface area contributed by atoms with E-state index in [4.69, 9.17) is 0 Å². The van der Waals surface area contributed by atoms with Crippen LogP contribution in [0, 0.1) is 0 Å². The molecule has 0 radical (unpaired) electrons. The Morgan fingerprint density at radius 1 is 1.50 bits per heavy atom. The molecule has 1 heterocycles. The number of halogens is 1. The highest BCUT2D eigenvalue weighted by Gasteiger charge is 2.18. The van der Waals surface area contributed by atoms with Crippen LogP contribution in [0.3, 0.4) is 0 Å². The van der Waals surface area contributed by atoms with E-state index < -0.39 is 16.8 Å². The van der Waals surface area contributed by atoms with Gasteiger partial charge in [0.05, 0.1) is 20.8 Å². The minimum Gasteiger partial charge on any atom is -0.468 e. The number of alkyl halides is 1. The highest BCUT2D eigenvalue weighted by atomic mass is 79.9.